The van der Waals surface area contributed by atoms with Gasteiger partial charge in [0.15, 0.2) is 5.69 Å². The summed E-state index contributed by atoms with van der Waals surface area (Å²) in [6.07, 6.45) is 0. The zero-order chi connectivity index (χ0) is 14.7. The number of halogens is 1. The number of aryl methyl sites for hydroxylation is 2. The predicted molar refractivity (Wildman–Crippen MR) is 72.6 cm³/mol. The molecule has 0 N–H and O–H groups in total. The summed E-state index contributed by atoms with van der Waals surface area (Å²) in [6, 6.07) is 1.95. The Bertz CT molecular complexity index is 619. The largest absolute Gasteiger partial charge is 0.461 e. The molecule has 0 bridgehead atoms. The smallest absolute Gasteiger partial charge is 0.360 e. The van der Waals surface area contributed by atoms with Crippen LogP contribution in [-0.4, -0.2) is 37.4 Å². The first-order valence-electron chi connectivity index (χ1n) is 6.21. The summed E-state index contributed by atoms with van der Waals surface area (Å²) in [7, 11) is 1.85. The molecule has 0 atom stereocenters. The molecule has 8 heteroatoms. The minimum Gasteiger partial charge on any atom is -0.461 e. The van der Waals surface area contributed by atoms with E-state index in [1.165, 1.54) is 0 Å². The van der Waals surface area contributed by atoms with Crippen molar-refractivity contribution in [1.82, 2.24) is 24.8 Å². The number of hydrogen-bond donors (Lipinski definition) is 0. The fourth-order valence-electron chi connectivity index (χ4n) is 1.92. The van der Waals surface area contributed by atoms with Gasteiger partial charge in [-0.15, -0.1) is 16.7 Å². The molecule has 0 saturated heterocycles. The van der Waals surface area contributed by atoms with Gasteiger partial charge in [0.05, 0.1) is 36.1 Å². The van der Waals surface area contributed by atoms with Crippen LogP contribution < -0.4 is 0 Å². The number of ether oxygens (including phenoxy) is 1. The molecule has 0 aliphatic carbocycles. The van der Waals surface area contributed by atoms with Crippen LogP contribution in [-0.2, 0) is 24.2 Å². The first-order chi connectivity index (χ1) is 9.56. The van der Waals surface area contributed by atoms with Gasteiger partial charge in [-0.2, -0.15) is 5.10 Å². The van der Waals surface area contributed by atoms with Crippen molar-refractivity contribution in [3.8, 4) is 0 Å². The van der Waals surface area contributed by atoms with Crippen LogP contribution in [0.5, 0.6) is 0 Å². The third kappa shape index (κ3) is 2.82. The number of esters is 1. The standard InChI is InChI=1S/C12H16ClN5O2/c1-4-20-12(19)11-10(6-13)18(16-14-11)7-9-5-8(2)15-17(9)3/h5H,4,6-7H2,1-3H3. The summed E-state index contributed by atoms with van der Waals surface area (Å²) >= 11 is 5.90. The van der Waals surface area contributed by atoms with Gasteiger partial charge in [0.25, 0.3) is 0 Å². The molecule has 7 nitrogen and oxygen atoms in total. The molecule has 2 aromatic rings. The molecule has 0 spiro atoms. The number of carbonyl (C=O) groups excluding carboxylic acids is 1. The lowest BCUT2D eigenvalue weighted by molar-refractivity contribution is 0.0518. The van der Waals surface area contributed by atoms with Crippen molar-refractivity contribution in [3.63, 3.8) is 0 Å². The molecule has 108 valence electrons. The molecule has 0 saturated carbocycles. The molecular formula is C12H16ClN5O2. The molecular weight excluding hydrogens is 282 g/mol. The van der Waals surface area contributed by atoms with Crippen molar-refractivity contribution in [2.24, 2.45) is 7.05 Å². The first kappa shape index (κ1) is 14.5. The minimum atomic E-state index is -0.504. The van der Waals surface area contributed by atoms with E-state index in [-0.39, 0.29) is 18.2 Å². The second-order valence-electron chi connectivity index (χ2n) is 4.30. The van der Waals surface area contributed by atoms with Crippen molar-refractivity contribution in [3.05, 3.63) is 28.8 Å². The van der Waals surface area contributed by atoms with Crippen LogP contribution in [0.3, 0.4) is 0 Å². The van der Waals surface area contributed by atoms with Crippen LogP contribution in [0.25, 0.3) is 0 Å². The van der Waals surface area contributed by atoms with Crippen LogP contribution in [0.15, 0.2) is 6.07 Å². The number of nitrogens with zero attached hydrogens (tertiary/aromatic N) is 5. The average Bonchev–Trinajstić information content (AvgIpc) is 2.94. The van der Waals surface area contributed by atoms with Gasteiger partial charge < -0.3 is 4.74 Å². The third-order valence-corrected chi connectivity index (χ3v) is 3.10. The molecule has 2 rings (SSSR count). The minimum absolute atomic E-state index is 0.137. The van der Waals surface area contributed by atoms with Crippen molar-refractivity contribution in [2.75, 3.05) is 6.61 Å². The van der Waals surface area contributed by atoms with E-state index in [1.807, 2.05) is 20.0 Å². The highest BCUT2D eigenvalue weighted by atomic mass is 35.5. The second kappa shape index (κ2) is 6.04. The average molecular weight is 298 g/mol. The predicted octanol–water partition coefficient (Wildman–Crippen LogP) is 1.28. The Labute approximate surface area is 121 Å². The van der Waals surface area contributed by atoms with Gasteiger partial charge in [-0.25, -0.2) is 9.48 Å². The molecule has 0 amide bonds. The van der Waals surface area contributed by atoms with Gasteiger partial charge in [0, 0.05) is 7.05 Å². The summed E-state index contributed by atoms with van der Waals surface area (Å²) in [4.78, 5) is 11.7. The summed E-state index contributed by atoms with van der Waals surface area (Å²) in [6.45, 7) is 4.39. The van der Waals surface area contributed by atoms with Gasteiger partial charge in [0.1, 0.15) is 0 Å². The lowest BCUT2D eigenvalue weighted by Crippen LogP contribution is -2.12. The van der Waals surface area contributed by atoms with E-state index in [4.69, 9.17) is 16.3 Å². The number of alkyl halides is 1. The Hall–Kier alpha value is -1.89. The van der Waals surface area contributed by atoms with Crippen molar-refractivity contribution < 1.29 is 9.53 Å². The Balaban J connectivity index is 2.29. The Morgan fingerprint density at radius 2 is 2.25 bits per heavy atom. The number of aromatic nitrogens is 5. The molecule has 0 aromatic carbocycles. The summed E-state index contributed by atoms with van der Waals surface area (Å²) in [5.41, 5.74) is 2.58. The molecule has 0 fully saturated rings. The highest BCUT2D eigenvalue weighted by Crippen LogP contribution is 2.13. The van der Waals surface area contributed by atoms with Crippen LogP contribution in [0.2, 0.25) is 0 Å². The topological polar surface area (TPSA) is 74.8 Å². The van der Waals surface area contributed by atoms with Crippen LogP contribution in [0.4, 0.5) is 0 Å². The maximum Gasteiger partial charge on any atom is 0.360 e. The maximum absolute atomic E-state index is 11.7. The monoisotopic (exact) mass is 297 g/mol. The fourth-order valence-corrected chi connectivity index (χ4v) is 2.18. The van der Waals surface area contributed by atoms with Gasteiger partial charge in [-0.3, -0.25) is 4.68 Å². The molecule has 0 aliphatic rings. The van der Waals surface area contributed by atoms with E-state index in [0.29, 0.717) is 12.2 Å². The van der Waals surface area contributed by atoms with Crippen LogP contribution in [0.1, 0.15) is 34.5 Å². The van der Waals surface area contributed by atoms with E-state index in [9.17, 15) is 4.79 Å². The Morgan fingerprint density at radius 3 is 2.80 bits per heavy atom. The van der Waals surface area contributed by atoms with E-state index < -0.39 is 5.97 Å². The molecule has 20 heavy (non-hydrogen) atoms. The Kier molecular flexibility index (Phi) is 4.39. The van der Waals surface area contributed by atoms with Crippen LogP contribution in [0, 0.1) is 6.92 Å². The van der Waals surface area contributed by atoms with Gasteiger partial charge in [-0.1, -0.05) is 5.21 Å². The summed E-state index contributed by atoms with van der Waals surface area (Å²) < 4.78 is 8.29. The molecule has 0 aliphatic heterocycles. The Morgan fingerprint density at radius 1 is 1.50 bits per heavy atom. The quantitative estimate of drug-likeness (QED) is 0.614. The number of rotatable bonds is 5. The maximum atomic E-state index is 11.7. The zero-order valence-corrected chi connectivity index (χ0v) is 12.4. The van der Waals surface area contributed by atoms with E-state index in [2.05, 4.69) is 15.4 Å². The van der Waals surface area contributed by atoms with Crippen molar-refractivity contribution in [1.29, 1.82) is 0 Å². The van der Waals surface area contributed by atoms with Gasteiger partial charge >= 0.3 is 5.97 Å². The van der Waals surface area contributed by atoms with E-state index in [0.717, 1.165) is 11.4 Å². The fraction of sp³-hybridized carbons (Fsp3) is 0.500. The van der Waals surface area contributed by atoms with E-state index in [1.54, 1.807) is 16.3 Å². The molecule has 2 aromatic heterocycles. The van der Waals surface area contributed by atoms with Crippen molar-refractivity contribution in [2.45, 2.75) is 26.3 Å². The lowest BCUT2D eigenvalue weighted by Gasteiger charge is -2.05. The summed E-state index contributed by atoms with van der Waals surface area (Å²) in [5, 5.41) is 12.1. The third-order valence-electron chi connectivity index (χ3n) is 2.84. The SMILES string of the molecule is CCOC(=O)c1nnn(Cc2cc(C)nn2C)c1CCl. The zero-order valence-electron chi connectivity index (χ0n) is 11.6. The number of hydrogen-bond acceptors (Lipinski definition) is 5. The van der Waals surface area contributed by atoms with E-state index >= 15 is 0 Å². The highest BCUT2D eigenvalue weighted by Gasteiger charge is 2.20. The highest BCUT2D eigenvalue weighted by molar-refractivity contribution is 6.17. The molecule has 2 heterocycles. The summed E-state index contributed by atoms with van der Waals surface area (Å²) in [5.74, 6) is -0.367. The lowest BCUT2D eigenvalue weighted by atomic mass is 10.3. The van der Waals surface area contributed by atoms with Gasteiger partial charge in [0.2, 0.25) is 0 Å². The molecule has 0 unspecified atom stereocenters. The molecule has 0 radical (unpaired) electrons. The number of carbonyl (C=O) groups is 1. The normalized spacial score (nSPS) is 10.8. The van der Waals surface area contributed by atoms with Gasteiger partial charge in [-0.05, 0) is 19.9 Å². The first-order valence-corrected chi connectivity index (χ1v) is 6.75. The van der Waals surface area contributed by atoms with Crippen molar-refractivity contribution >= 4 is 17.6 Å². The second-order valence-corrected chi connectivity index (χ2v) is 4.56. The van der Waals surface area contributed by atoms with Crippen LogP contribution >= 0.6 is 11.6 Å².